The molecule has 0 aliphatic heterocycles. The van der Waals surface area contributed by atoms with E-state index in [2.05, 4.69) is 36.0 Å². The van der Waals surface area contributed by atoms with Crippen molar-refractivity contribution < 1.29 is 9.53 Å². The first-order chi connectivity index (χ1) is 8.17. The number of hydrogen-bond donors (Lipinski definition) is 1. The zero-order chi connectivity index (χ0) is 12.7. The molecule has 1 atom stereocenters. The normalized spacial score (nSPS) is 12.2. The Morgan fingerprint density at radius 2 is 2.06 bits per heavy atom. The van der Waals surface area contributed by atoms with Gasteiger partial charge in [-0.1, -0.05) is 19.1 Å². The molecule has 1 aromatic rings. The number of methoxy groups -OCH3 is 1. The fourth-order valence-electron chi connectivity index (χ4n) is 1.48. The van der Waals surface area contributed by atoms with Crippen molar-refractivity contribution in [3.05, 3.63) is 29.8 Å². The Balaban J connectivity index is 2.52. The van der Waals surface area contributed by atoms with Gasteiger partial charge >= 0.3 is 5.97 Å². The summed E-state index contributed by atoms with van der Waals surface area (Å²) in [6, 6.07) is 8.62. The first kappa shape index (κ1) is 14.1. The largest absolute Gasteiger partial charge is 0.468 e. The lowest BCUT2D eigenvalue weighted by atomic mass is 10.1. The first-order valence-corrected chi connectivity index (χ1v) is 6.69. The van der Waals surface area contributed by atoms with Crippen LogP contribution in [0.3, 0.4) is 0 Å². The molecule has 1 unspecified atom stereocenters. The van der Waals surface area contributed by atoms with Crippen molar-refractivity contribution in [1.82, 2.24) is 5.32 Å². The topological polar surface area (TPSA) is 38.3 Å². The summed E-state index contributed by atoms with van der Waals surface area (Å²) in [6.45, 7) is 5.19. The molecule has 0 amide bonds. The van der Waals surface area contributed by atoms with E-state index in [1.165, 1.54) is 24.4 Å². The van der Waals surface area contributed by atoms with Crippen LogP contribution in [0, 0.1) is 0 Å². The molecule has 0 bridgehead atoms. The Bertz CT molecular complexity index is 351. The van der Waals surface area contributed by atoms with Gasteiger partial charge in [-0.2, -0.15) is 0 Å². The van der Waals surface area contributed by atoms with Crippen LogP contribution >= 0.6 is 11.8 Å². The highest BCUT2D eigenvalue weighted by molar-refractivity contribution is 8.00. The van der Waals surface area contributed by atoms with Crippen LogP contribution in [0.15, 0.2) is 29.2 Å². The average molecular weight is 253 g/mol. The molecule has 0 heterocycles. The van der Waals surface area contributed by atoms with Gasteiger partial charge in [-0.05, 0) is 31.2 Å². The van der Waals surface area contributed by atoms with Gasteiger partial charge in [0.25, 0.3) is 0 Å². The van der Waals surface area contributed by atoms with Crippen molar-refractivity contribution in [2.45, 2.75) is 24.8 Å². The summed E-state index contributed by atoms with van der Waals surface area (Å²) < 4.78 is 4.60. The highest BCUT2D eigenvalue weighted by Gasteiger charge is 2.05. The molecule has 1 aromatic carbocycles. The monoisotopic (exact) mass is 253 g/mol. The zero-order valence-electron chi connectivity index (χ0n) is 10.5. The molecule has 0 saturated heterocycles. The van der Waals surface area contributed by atoms with E-state index in [9.17, 15) is 4.79 Å². The number of esters is 1. The lowest BCUT2D eigenvalue weighted by molar-refractivity contribution is -0.137. The first-order valence-electron chi connectivity index (χ1n) is 5.70. The second kappa shape index (κ2) is 7.35. The maximum Gasteiger partial charge on any atom is 0.315 e. The number of carbonyl (C=O) groups is 1. The van der Waals surface area contributed by atoms with Crippen LogP contribution in [0.2, 0.25) is 0 Å². The molecule has 1 rings (SSSR count). The van der Waals surface area contributed by atoms with E-state index in [4.69, 9.17) is 0 Å². The molecule has 3 nitrogen and oxygen atoms in total. The third-order valence-electron chi connectivity index (χ3n) is 2.47. The third-order valence-corrected chi connectivity index (χ3v) is 3.46. The number of ether oxygens (including phenoxy) is 1. The number of benzene rings is 1. The van der Waals surface area contributed by atoms with E-state index in [-0.39, 0.29) is 5.97 Å². The average Bonchev–Trinajstić information content (AvgIpc) is 2.36. The van der Waals surface area contributed by atoms with Gasteiger partial charge in [0.2, 0.25) is 0 Å². The predicted octanol–water partition coefficient (Wildman–Crippen LogP) is 2.62. The molecule has 4 heteroatoms. The Kier molecular flexibility index (Phi) is 6.08. The molecule has 0 fully saturated rings. The number of carbonyl (C=O) groups excluding carboxylic acids is 1. The second-order valence-corrected chi connectivity index (χ2v) is 4.76. The van der Waals surface area contributed by atoms with Gasteiger partial charge in [0.05, 0.1) is 12.9 Å². The van der Waals surface area contributed by atoms with E-state index in [0.29, 0.717) is 11.8 Å². The number of hydrogen-bond acceptors (Lipinski definition) is 4. The standard InChI is InChI=1S/C13H19NO2S/c1-4-14-10(2)11-5-7-12(8-6-11)17-9-13(15)16-3/h5-8,10,14H,4,9H2,1-3H3. The lowest BCUT2D eigenvalue weighted by Crippen LogP contribution is -2.17. The maximum atomic E-state index is 11.0. The molecule has 0 aliphatic carbocycles. The van der Waals surface area contributed by atoms with Gasteiger partial charge in [-0.3, -0.25) is 4.79 Å². The fraction of sp³-hybridized carbons (Fsp3) is 0.462. The summed E-state index contributed by atoms with van der Waals surface area (Å²) >= 11 is 1.49. The van der Waals surface area contributed by atoms with Crippen LogP contribution in [0.1, 0.15) is 25.5 Å². The highest BCUT2D eigenvalue weighted by Crippen LogP contribution is 2.21. The van der Waals surface area contributed by atoms with Crippen molar-refractivity contribution in [2.24, 2.45) is 0 Å². The van der Waals surface area contributed by atoms with Crippen LogP contribution in [-0.4, -0.2) is 25.4 Å². The lowest BCUT2D eigenvalue weighted by Gasteiger charge is -2.12. The van der Waals surface area contributed by atoms with Gasteiger partial charge in [0.1, 0.15) is 0 Å². The minimum Gasteiger partial charge on any atom is -0.468 e. The molecule has 0 spiro atoms. The van der Waals surface area contributed by atoms with Crippen molar-refractivity contribution in [2.75, 3.05) is 19.4 Å². The van der Waals surface area contributed by atoms with Gasteiger partial charge in [0, 0.05) is 10.9 Å². The summed E-state index contributed by atoms with van der Waals surface area (Å²) in [7, 11) is 1.41. The molecular weight excluding hydrogens is 234 g/mol. The smallest absolute Gasteiger partial charge is 0.315 e. The molecule has 0 radical (unpaired) electrons. The summed E-state index contributed by atoms with van der Waals surface area (Å²) in [6.07, 6.45) is 0. The Hall–Kier alpha value is -1.00. The molecule has 94 valence electrons. The summed E-state index contributed by atoms with van der Waals surface area (Å²) in [5.74, 6) is 0.165. The van der Waals surface area contributed by atoms with Gasteiger partial charge in [-0.15, -0.1) is 11.8 Å². The SMILES string of the molecule is CCNC(C)c1ccc(SCC(=O)OC)cc1. The third kappa shape index (κ3) is 4.79. The van der Waals surface area contributed by atoms with Crippen molar-refractivity contribution in [3.8, 4) is 0 Å². The van der Waals surface area contributed by atoms with Crippen molar-refractivity contribution in [1.29, 1.82) is 0 Å². The number of rotatable bonds is 6. The fourth-order valence-corrected chi connectivity index (χ4v) is 2.21. The van der Waals surface area contributed by atoms with Gasteiger partial charge < -0.3 is 10.1 Å². The van der Waals surface area contributed by atoms with Crippen molar-refractivity contribution >= 4 is 17.7 Å². The molecular formula is C13H19NO2S. The second-order valence-electron chi connectivity index (χ2n) is 3.71. The van der Waals surface area contributed by atoms with E-state index in [1.807, 2.05) is 12.1 Å². The number of thioether (sulfide) groups is 1. The highest BCUT2D eigenvalue weighted by atomic mass is 32.2. The summed E-state index contributed by atoms with van der Waals surface area (Å²) in [5.41, 5.74) is 1.26. The van der Waals surface area contributed by atoms with Crippen LogP contribution in [0.5, 0.6) is 0 Å². The van der Waals surface area contributed by atoms with Gasteiger partial charge in [0.15, 0.2) is 0 Å². The Labute approximate surface area is 107 Å². The van der Waals surface area contributed by atoms with E-state index in [0.717, 1.165) is 11.4 Å². The van der Waals surface area contributed by atoms with Crippen LogP contribution in [0.25, 0.3) is 0 Å². The molecule has 17 heavy (non-hydrogen) atoms. The van der Waals surface area contributed by atoms with E-state index >= 15 is 0 Å². The number of nitrogens with one attached hydrogen (secondary N) is 1. The molecule has 0 aliphatic rings. The van der Waals surface area contributed by atoms with Gasteiger partial charge in [-0.25, -0.2) is 0 Å². The minimum atomic E-state index is -0.194. The quantitative estimate of drug-likeness (QED) is 0.625. The maximum absolute atomic E-state index is 11.0. The predicted molar refractivity (Wildman–Crippen MR) is 71.3 cm³/mol. The van der Waals surface area contributed by atoms with E-state index in [1.54, 1.807) is 0 Å². The molecule has 0 saturated carbocycles. The Morgan fingerprint density at radius 1 is 1.41 bits per heavy atom. The van der Waals surface area contributed by atoms with Crippen molar-refractivity contribution in [3.63, 3.8) is 0 Å². The summed E-state index contributed by atoms with van der Waals surface area (Å²) in [4.78, 5) is 12.1. The molecule has 1 N–H and O–H groups in total. The zero-order valence-corrected chi connectivity index (χ0v) is 11.3. The van der Waals surface area contributed by atoms with Crippen LogP contribution < -0.4 is 5.32 Å². The molecule has 0 aromatic heterocycles. The van der Waals surface area contributed by atoms with Crippen LogP contribution in [-0.2, 0) is 9.53 Å². The Morgan fingerprint density at radius 3 is 2.59 bits per heavy atom. The minimum absolute atomic E-state index is 0.194. The van der Waals surface area contributed by atoms with Crippen LogP contribution in [0.4, 0.5) is 0 Å². The summed E-state index contributed by atoms with van der Waals surface area (Å²) in [5, 5.41) is 3.36. The van der Waals surface area contributed by atoms with E-state index < -0.39 is 0 Å².